The van der Waals surface area contributed by atoms with Crippen molar-refractivity contribution in [3.8, 4) is 17.1 Å². The highest BCUT2D eigenvalue weighted by Crippen LogP contribution is 2.28. The third kappa shape index (κ3) is 5.44. The van der Waals surface area contributed by atoms with Crippen molar-refractivity contribution in [2.24, 2.45) is 5.10 Å². The molecule has 2 aromatic heterocycles. The molecule has 0 unspecified atom stereocenters. The van der Waals surface area contributed by atoms with Gasteiger partial charge in [-0.2, -0.15) is 5.10 Å². The van der Waals surface area contributed by atoms with Crippen LogP contribution in [0.2, 0.25) is 0 Å². The van der Waals surface area contributed by atoms with Crippen LogP contribution in [-0.4, -0.2) is 37.6 Å². The number of thioether (sulfide) groups is 1. The van der Waals surface area contributed by atoms with Crippen LogP contribution < -0.4 is 5.43 Å². The summed E-state index contributed by atoms with van der Waals surface area (Å²) in [5, 5.41) is 13.3. The molecule has 0 aliphatic carbocycles. The van der Waals surface area contributed by atoms with Crippen LogP contribution in [-0.2, 0) is 4.79 Å². The average molecular weight is 493 g/mol. The summed E-state index contributed by atoms with van der Waals surface area (Å²) in [7, 11) is 0. The molecule has 0 saturated heterocycles. The molecule has 31 heavy (non-hydrogen) atoms. The topological polar surface area (TPSA) is 85.1 Å². The summed E-state index contributed by atoms with van der Waals surface area (Å²) in [6.45, 7) is 0. The highest BCUT2D eigenvalue weighted by molar-refractivity contribution is 9.10. The van der Waals surface area contributed by atoms with E-state index >= 15 is 0 Å². The first-order valence-electron chi connectivity index (χ1n) is 9.32. The Balaban J connectivity index is 1.51. The predicted octanol–water partition coefficient (Wildman–Crippen LogP) is 4.33. The summed E-state index contributed by atoms with van der Waals surface area (Å²) >= 11 is 4.76. The number of nitrogens with one attached hydrogen (secondary N) is 1. The van der Waals surface area contributed by atoms with Crippen molar-refractivity contribution in [3.05, 3.63) is 89.2 Å². The molecule has 4 rings (SSSR count). The minimum absolute atomic E-state index is 0.152. The van der Waals surface area contributed by atoms with Crippen molar-refractivity contribution in [1.82, 2.24) is 25.2 Å². The molecule has 0 spiro atoms. The molecule has 0 fully saturated rings. The molecule has 2 aromatic carbocycles. The Morgan fingerprint density at radius 3 is 2.52 bits per heavy atom. The first kappa shape index (κ1) is 21.0. The first-order valence-corrected chi connectivity index (χ1v) is 11.1. The third-order valence-corrected chi connectivity index (χ3v) is 5.65. The van der Waals surface area contributed by atoms with Crippen LogP contribution >= 0.6 is 27.7 Å². The minimum atomic E-state index is -0.233. The lowest BCUT2D eigenvalue weighted by Crippen LogP contribution is -2.20. The number of hydrogen-bond acceptors (Lipinski definition) is 6. The van der Waals surface area contributed by atoms with Gasteiger partial charge in [0.1, 0.15) is 0 Å². The van der Waals surface area contributed by atoms with Crippen LogP contribution in [0.25, 0.3) is 17.1 Å². The smallest absolute Gasteiger partial charge is 0.250 e. The fourth-order valence-electron chi connectivity index (χ4n) is 2.75. The van der Waals surface area contributed by atoms with Crippen molar-refractivity contribution >= 4 is 39.8 Å². The number of hydrogen-bond donors (Lipinski definition) is 1. The Morgan fingerprint density at radius 2 is 1.77 bits per heavy atom. The lowest BCUT2D eigenvalue weighted by atomic mass is 10.2. The zero-order chi connectivity index (χ0) is 21.5. The van der Waals surface area contributed by atoms with Gasteiger partial charge in [0.15, 0.2) is 11.0 Å². The highest BCUT2D eigenvalue weighted by atomic mass is 79.9. The van der Waals surface area contributed by atoms with Gasteiger partial charge in [0, 0.05) is 28.1 Å². The molecule has 1 amide bonds. The summed E-state index contributed by atoms with van der Waals surface area (Å²) in [6, 6.07) is 21.3. The van der Waals surface area contributed by atoms with E-state index in [4.69, 9.17) is 0 Å². The molecule has 0 aliphatic rings. The van der Waals surface area contributed by atoms with E-state index in [2.05, 4.69) is 41.6 Å². The van der Waals surface area contributed by atoms with Crippen molar-refractivity contribution in [3.63, 3.8) is 0 Å². The van der Waals surface area contributed by atoms with Gasteiger partial charge in [0.25, 0.3) is 5.91 Å². The lowest BCUT2D eigenvalue weighted by molar-refractivity contribution is -0.118. The number of nitrogens with zero attached hydrogens (tertiary/aromatic N) is 5. The van der Waals surface area contributed by atoms with Crippen LogP contribution in [0.1, 0.15) is 5.56 Å². The van der Waals surface area contributed by atoms with Gasteiger partial charge in [-0.3, -0.25) is 14.3 Å². The van der Waals surface area contributed by atoms with E-state index in [1.54, 1.807) is 30.7 Å². The Bertz CT molecular complexity index is 1180. The molecule has 0 aliphatic heterocycles. The molecule has 2 heterocycles. The van der Waals surface area contributed by atoms with E-state index in [9.17, 15) is 4.79 Å². The molecule has 7 nitrogen and oxygen atoms in total. The quantitative estimate of drug-likeness (QED) is 0.235. The van der Waals surface area contributed by atoms with Crippen LogP contribution in [0.5, 0.6) is 0 Å². The maximum absolute atomic E-state index is 12.2. The summed E-state index contributed by atoms with van der Waals surface area (Å²) in [5.41, 5.74) is 5.23. The molecule has 0 saturated carbocycles. The Hall–Kier alpha value is -3.30. The number of amides is 1. The number of rotatable bonds is 7. The number of para-hydroxylation sites is 1. The number of carbonyl (C=O) groups is 1. The predicted molar refractivity (Wildman–Crippen MR) is 125 cm³/mol. The van der Waals surface area contributed by atoms with Crippen LogP contribution in [0.4, 0.5) is 0 Å². The number of carbonyl (C=O) groups excluding carboxylic acids is 1. The van der Waals surface area contributed by atoms with Crippen molar-refractivity contribution in [2.75, 3.05) is 5.75 Å². The summed E-state index contributed by atoms with van der Waals surface area (Å²) in [4.78, 5) is 16.2. The molecule has 9 heteroatoms. The summed E-state index contributed by atoms with van der Waals surface area (Å²) in [5.74, 6) is 0.624. The second-order valence-electron chi connectivity index (χ2n) is 6.35. The molecule has 4 aromatic rings. The van der Waals surface area contributed by atoms with Crippen molar-refractivity contribution in [2.45, 2.75) is 5.16 Å². The maximum atomic E-state index is 12.2. The normalized spacial score (nSPS) is 11.0. The number of halogens is 1. The van der Waals surface area contributed by atoms with Crippen LogP contribution in [0, 0.1) is 0 Å². The molecular formula is C22H17BrN6OS. The van der Waals surface area contributed by atoms with Gasteiger partial charge in [-0.25, -0.2) is 5.43 Å². The minimum Gasteiger partial charge on any atom is -0.272 e. The fraction of sp³-hybridized carbons (Fsp3) is 0.0455. The third-order valence-electron chi connectivity index (χ3n) is 4.19. The summed E-state index contributed by atoms with van der Waals surface area (Å²) < 4.78 is 2.93. The second kappa shape index (κ2) is 10.1. The second-order valence-corrected chi connectivity index (χ2v) is 8.20. The summed E-state index contributed by atoms with van der Waals surface area (Å²) in [6.07, 6.45) is 4.90. The molecule has 0 atom stereocenters. The zero-order valence-electron chi connectivity index (χ0n) is 16.2. The van der Waals surface area contributed by atoms with E-state index < -0.39 is 0 Å². The van der Waals surface area contributed by atoms with Crippen molar-refractivity contribution in [1.29, 1.82) is 0 Å². The Morgan fingerprint density at radius 1 is 1.03 bits per heavy atom. The monoisotopic (exact) mass is 492 g/mol. The Labute approximate surface area is 191 Å². The molecule has 1 N–H and O–H groups in total. The molecule has 154 valence electrons. The van der Waals surface area contributed by atoms with Crippen LogP contribution in [0.15, 0.2) is 93.9 Å². The average Bonchev–Trinajstić information content (AvgIpc) is 3.23. The number of hydrazone groups is 1. The SMILES string of the molecule is O=C(CSc1nnc(-c2ccc(Br)cc2)n1-c1ccccc1)NN=Cc1ccncc1. The zero-order valence-corrected chi connectivity index (χ0v) is 18.6. The first-order chi connectivity index (χ1) is 15.2. The molecule has 0 bridgehead atoms. The number of aromatic nitrogens is 4. The van der Waals surface area contributed by atoms with Gasteiger partial charge in [0.2, 0.25) is 0 Å². The van der Waals surface area contributed by atoms with Gasteiger partial charge in [-0.15, -0.1) is 10.2 Å². The molecular weight excluding hydrogens is 476 g/mol. The maximum Gasteiger partial charge on any atom is 0.250 e. The van der Waals surface area contributed by atoms with E-state index in [-0.39, 0.29) is 11.7 Å². The van der Waals surface area contributed by atoms with E-state index in [1.165, 1.54) is 11.8 Å². The van der Waals surface area contributed by atoms with Gasteiger partial charge < -0.3 is 0 Å². The number of benzene rings is 2. The van der Waals surface area contributed by atoms with Crippen molar-refractivity contribution < 1.29 is 4.79 Å². The fourth-order valence-corrected chi connectivity index (χ4v) is 3.76. The standard InChI is InChI=1S/C22H17BrN6OS/c23-18-8-6-17(7-9-18)21-27-28-22(29(21)19-4-2-1-3-5-19)31-15-20(30)26-25-14-16-10-12-24-13-11-16/h1-14H,15H2,(H,26,30). The van der Waals surface area contributed by atoms with E-state index in [0.29, 0.717) is 11.0 Å². The van der Waals surface area contributed by atoms with E-state index in [0.717, 1.165) is 21.3 Å². The van der Waals surface area contributed by atoms with Gasteiger partial charge in [0.05, 0.1) is 12.0 Å². The molecule has 0 radical (unpaired) electrons. The Kier molecular flexibility index (Phi) is 6.85. The lowest BCUT2D eigenvalue weighted by Gasteiger charge is -2.10. The highest BCUT2D eigenvalue weighted by Gasteiger charge is 2.17. The van der Waals surface area contributed by atoms with E-state index in [1.807, 2.05) is 59.2 Å². The van der Waals surface area contributed by atoms with Crippen LogP contribution in [0.3, 0.4) is 0 Å². The van der Waals surface area contributed by atoms with Gasteiger partial charge in [-0.1, -0.05) is 58.0 Å². The number of pyridine rings is 1. The largest absolute Gasteiger partial charge is 0.272 e. The van der Waals surface area contributed by atoms with Gasteiger partial charge >= 0.3 is 0 Å². The van der Waals surface area contributed by atoms with Gasteiger partial charge in [-0.05, 0) is 42.0 Å².